The van der Waals surface area contributed by atoms with Gasteiger partial charge in [0.1, 0.15) is 0 Å². The zero-order chi connectivity index (χ0) is 10.8. The van der Waals surface area contributed by atoms with E-state index in [0.717, 1.165) is 12.0 Å². The van der Waals surface area contributed by atoms with Gasteiger partial charge in [0, 0.05) is 6.04 Å². The normalized spacial score (nSPS) is 11.6. The van der Waals surface area contributed by atoms with E-state index in [-0.39, 0.29) is 0 Å². The molecule has 0 atom stereocenters. The summed E-state index contributed by atoms with van der Waals surface area (Å²) < 4.78 is 0. The van der Waals surface area contributed by atoms with Gasteiger partial charge in [0.2, 0.25) is 0 Å². The lowest BCUT2D eigenvalue weighted by atomic mass is 10.0. The fourth-order valence-electron chi connectivity index (χ4n) is 1.65. The summed E-state index contributed by atoms with van der Waals surface area (Å²) in [6.07, 6.45) is 8.13. The van der Waals surface area contributed by atoms with Crippen molar-refractivity contribution in [3.05, 3.63) is 0 Å². The fourth-order valence-corrected chi connectivity index (χ4v) is 1.65. The van der Waals surface area contributed by atoms with E-state index in [1.165, 1.54) is 45.1 Å². The third-order valence-corrected chi connectivity index (χ3v) is 2.63. The number of rotatable bonds is 9. The predicted octanol–water partition coefficient (Wildman–Crippen LogP) is 3.98. The summed E-state index contributed by atoms with van der Waals surface area (Å²) in [6.45, 7) is 10.3. The maximum absolute atomic E-state index is 3.69. The Morgan fingerprint density at radius 3 is 1.79 bits per heavy atom. The van der Waals surface area contributed by atoms with Crippen molar-refractivity contribution < 1.29 is 0 Å². The first kappa shape index (κ1) is 14.0. The van der Waals surface area contributed by atoms with Crippen molar-refractivity contribution in [1.29, 1.82) is 0 Å². The van der Waals surface area contributed by atoms with Crippen LogP contribution >= 0.6 is 0 Å². The van der Waals surface area contributed by atoms with E-state index in [2.05, 4.69) is 33.0 Å². The van der Waals surface area contributed by atoms with E-state index in [1.807, 2.05) is 0 Å². The molecule has 0 rings (SSSR count). The summed E-state index contributed by atoms with van der Waals surface area (Å²) in [7, 11) is 0. The molecule has 14 heavy (non-hydrogen) atoms. The predicted molar refractivity (Wildman–Crippen MR) is 65.7 cm³/mol. The lowest BCUT2D eigenvalue weighted by Gasteiger charge is -2.19. The standard InChI is InChI=1S/C13H29N/c1-5-7-9-13(10-8-6-2)14-11-12(3)4/h12-14H,5-11H2,1-4H3. The van der Waals surface area contributed by atoms with E-state index >= 15 is 0 Å². The average molecular weight is 199 g/mol. The average Bonchev–Trinajstić information content (AvgIpc) is 2.16. The van der Waals surface area contributed by atoms with Crippen molar-refractivity contribution in [2.45, 2.75) is 72.3 Å². The van der Waals surface area contributed by atoms with Crippen molar-refractivity contribution in [2.24, 2.45) is 5.92 Å². The Labute approximate surface area is 90.7 Å². The van der Waals surface area contributed by atoms with Gasteiger partial charge >= 0.3 is 0 Å². The third-order valence-electron chi connectivity index (χ3n) is 2.63. The first-order chi connectivity index (χ1) is 6.70. The van der Waals surface area contributed by atoms with Crippen LogP contribution in [0.5, 0.6) is 0 Å². The molecule has 0 aromatic rings. The second-order valence-electron chi connectivity index (χ2n) is 4.78. The summed E-state index contributed by atoms with van der Waals surface area (Å²) in [5.74, 6) is 0.778. The second-order valence-corrected chi connectivity index (χ2v) is 4.78. The molecule has 0 aliphatic carbocycles. The van der Waals surface area contributed by atoms with Crippen LogP contribution in [0.1, 0.15) is 66.2 Å². The van der Waals surface area contributed by atoms with Crippen LogP contribution in [0.2, 0.25) is 0 Å². The molecule has 0 bridgehead atoms. The highest BCUT2D eigenvalue weighted by Crippen LogP contribution is 2.09. The minimum absolute atomic E-state index is 0.775. The van der Waals surface area contributed by atoms with Crippen molar-refractivity contribution in [3.63, 3.8) is 0 Å². The van der Waals surface area contributed by atoms with Gasteiger partial charge in [-0.3, -0.25) is 0 Å². The van der Waals surface area contributed by atoms with Gasteiger partial charge in [-0.15, -0.1) is 0 Å². The summed E-state index contributed by atoms with van der Waals surface area (Å²) >= 11 is 0. The maximum Gasteiger partial charge on any atom is 0.00671 e. The molecule has 0 aromatic heterocycles. The quantitative estimate of drug-likeness (QED) is 0.592. The van der Waals surface area contributed by atoms with E-state index < -0.39 is 0 Å². The minimum Gasteiger partial charge on any atom is -0.314 e. The SMILES string of the molecule is CCCCC(CCCC)NCC(C)C. The third kappa shape index (κ3) is 8.55. The van der Waals surface area contributed by atoms with E-state index in [1.54, 1.807) is 0 Å². The molecular weight excluding hydrogens is 170 g/mol. The molecule has 0 aliphatic rings. The van der Waals surface area contributed by atoms with Gasteiger partial charge < -0.3 is 5.32 Å². The van der Waals surface area contributed by atoms with Gasteiger partial charge in [-0.1, -0.05) is 53.4 Å². The zero-order valence-corrected chi connectivity index (χ0v) is 10.6. The van der Waals surface area contributed by atoms with Gasteiger partial charge in [-0.05, 0) is 25.3 Å². The molecule has 0 amide bonds. The monoisotopic (exact) mass is 199 g/mol. The number of nitrogens with one attached hydrogen (secondary N) is 1. The van der Waals surface area contributed by atoms with Gasteiger partial charge in [-0.25, -0.2) is 0 Å². The molecule has 0 aliphatic heterocycles. The Bertz CT molecular complexity index is 102. The molecular formula is C13H29N. The topological polar surface area (TPSA) is 12.0 Å². The highest BCUT2D eigenvalue weighted by Gasteiger charge is 2.07. The van der Waals surface area contributed by atoms with Gasteiger partial charge in [-0.2, -0.15) is 0 Å². The summed E-state index contributed by atoms with van der Waals surface area (Å²) in [6, 6.07) is 0.775. The van der Waals surface area contributed by atoms with Crippen LogP contribution in [0.4, 0.5) is 0 Å². The molecule has 0 heterocycles. The van der Waals surface area contributed by atoms with Gasteiger partial charge in [0.15, 0.2) is 0 Å². The molecule has 86 valence electrons. The molecule has 1 heteroatoms. The Morgan fingerprint density at radius 2 is 1.43 bits per heavy atom. The summed E-state index contributed by atoms with van der Waals surface area (Å²) in [5, 5.41) is 3.69. The van der Waals surface area contributed by atoms with Crippen LogP contribution in [0.15, 0.2) is 0 Å². The smallest absolute Gasteiger partial charge is 0.00671 e. The number of hydrogen-bond acceptors (Lipinski definition) is 1. The van der Waals surface area contributed by atoms with Crippen LogP contribution in [0.3, 0.4) is 0 Å². The van der Waals surface area contributed by atoms with Crippen LogP contribution in [-0.2, 0) is 0 Å². The summed E-state index contributed by atoms with van der Waals surface area (Å²) in [4.78, 5) is 0. The molecule has 0 saturated carbocycles. The Kier molecular flexibility index (Phi) is 9.49. The van der Waals surface area contributed by atoms with E-state index in [4.69, 9.17) is 0 Å². The molecule has 1 N–H and O–H groups in total. The lowest BCUT2D eigenvalue weighted by molar-refractivity contribution is 0.401. The first-order valence-corrected chi connectivity index (χ1v) is 6.44. The molecule has 1 nitrogen and oxygen atoms in total. The highest BCUT2D eigenvalue weighted by atomic mass is 14.9. The van der Waals surface area contributed by atoms with Crippen molar-refractivity contribution in [3.8, 4) is 0 Å². The molecule has 0 radical (unpaired) electrons. The van der Waals surface area contributed by atoms with Gasteiger partial charge in [0.25, 0.3) is 0 Å². The Morgan fingerprint density at radius 1 is 0.929 bits per heavy atom. The van der Waals surface area contributed by atoms with Crippen LogP contribution in [0.25, 0.3) is 0 Å². The highest BCUT2D eigenvalue weighted by molar-refractivity contribution is 4.67. The first-order valence-electron chi connectivity index (χ1n) is 6.44. The van der Waals surface area contributed by atoms with Crippen LogP contribution in [0, 0.1) is 5.92 Å². The van der Waals surface area contributed by atoms with E-state index in [0.29, 0.717) is 0 Å². The fraction of sp³-hybridized carbons (Fsp3) is 1.00. The summed E-state index contributed by atoms with van der Waals surface area (Å²) in [5.41, 5.74) is 0. The second kappa shape index (κ2) is 9.51. The molecule has 0 unspecified atom stereocenters. The molecule has 0 aromatic carbocycles. The van der Waals surface area contributed by atoms with Crippen molar-refractivity contribution in [1.82, 2.24) is 5.32 Å². The zero-order valence-electron chi connectivity index (χ0n) is 10.6. The number of hydrogen-bond donors (Lipinski definition) is 1. The largest absolute Gasteiger partial charge is 0.314 e. The lowest BCUT2D eigenvalue weighted by Crippen LogP contribution is -2.32. The Balaban J connectivity index is 3.60. The van der Waals surface area contributed by atoms with Gasteiger partial charge in [0.05, 0.1) is 0 Å². The maximum atomic E-state index is 3.69. The minimum atomic E-state index is 0.775. The van der Waals surface area contributed by atoms with Crippen molar-refractivity contribution >= 4 is 0 Å². The molecule has 0 spiro atoms. The van der Waals surface area contributed by atoms with Crippen molar-refractivity contribution in [2.75, 3.05) is 6.54 Å². The Hall–Kier alpha value is -0.0400. The van der Waals surface area contributed by atoms with Crippen LogP contribution < -0.4 is 5.32 Å². The number of unbranched alkanes of at least 4 members (excludes halogenated alkanes) is 2. The molecule has 0 fully saturated rings. The molecule has 0 saturated heterocycles. The van der Waals surface area contributed by atoms with Crippen LogP contribution in [-0.4, -0.2) is 12.6 Å². The van der Waals surface area contributed by atoms with E-state index in [9.17, 15) is 0 Å².